The highest BCUT2D eigenvalue weighted by Crippen LogP contribution is 2.22. The maximum atomic E-state index is 12.0. The summed E-state index contributed by atoms with van der Waals surface area (Å²) in [6, 6.07) is 8.07. The molecular weight excluding hydrogens is 252 g/mol. The van der Waals surface area contributed by atoms with Crippen molar-refractivity contribution >= 4 is 5.91 Å². The van der Waals surface area contributed by atoms with Crippen molar-refractivity contribution in [2.75, 3.05) is 27.7 Å². The van der Waals surface area contributed by atoms with Crippen LogP contribution in [0.5, 0.6) is 5.75 Å². The molecule has 0 aromatic heterocycles. The molecule has 0 aliphatic carbocycles. The first-order chi connectivity index (χ1) is 9.25. The minimum Gasteiger partial charge on any atom is -0.497 e. The Hall–Kier alpha value is -1.55. The number of hydrogen-bond donors (Lipinski definition) is 1. The lowest BCUT2D eigenvalue weighted by molar-refractivity contribution is -0.128. The van der Waals surface area contributed by atoms with Crippen molar-refractivity contribution in [3.05, 3.63) is 29.8 Å². The van der Waals surface area contributed by atoms with E-state index in [0.717, 1.165) is 11.3 Å². The number of nitrogens with one attached hydrogen (secondary N) is 1. The molecule has 0 saturated heterocycles. The Labute approximate surface area is 122 Å². The predicted molar refractivity (Wildman–Crippen MR) is 81.9 cm³/mol. The molecule has 1 atom stereocenters. The van der Waals surface area contributed by atoms with Gasteiger partial charge in [-0.3, -0.25) is 4.79 Å². The third kappa shape index (κ3) is 4.53. The van der Waals surface area contributed by atoms with E-state index in [0.29, 0.717) is 6.54 Å². The van der Waals surface area contributed by atoms with Gasteiger partial charge < -0.3 is 15.0 Å². The normalized spacial score (nSPS) is 13.2. The molecule has 0 aliphatic rings. The van der Waals surface area contributed by atoms with Gasteiger partial charge in [0.15, 0.2) is 0 Å². The van der Waals surface area contributed by atoms with Gasteiger partial charge in [0.05, 0.1) is 13.2 Å². The third-order valence-electron chi connectivity index (χ3n) is 3.24. The lowest BCUT2D eigenvalue weighted by Crippen LogP contribution is -2.40. The molecule has 1 N–H and O–H groups in total. The SMILES string of the molecule is COc1cccc(C(CNC(=O)C(C)(C)C)N(C)C)c1. The van der Waals surface area contributed by atoms with Crippen LogP contribution in [-0.4, -0.2) is 38.6 Å². The fourth-order valence-corrected chi connectivity index (χ4v) is 1.90. The Kier molecular flexibility index (Phi) is 5.57. The molecule has 0 spiro atoms. The van der Waals surface area contributed by atoms with Gasteiger partial charge in [0.25, 0.3) is 0 Å². The topological polar surface area (TPSA) is 41.6 Å². The lowest BCUT2D eigenvalue weighted by Gasteiger charge is -2.27. The number of methoxy groups -OCH3 is 1. The minimum atomic E-state index is -0.370. The summed E-state index contributed by atoms with van der Waals surface area (Å²) in [7, 11) is 5.67. The van der Waals surface area contributed by atoms with Gasteiger partial charge in [0, 0.05) is 12.0 Å². The van der Waals surface area contributed by atoms with E-state index in [1.165, 1.54) is 0 Å². The van der Waals surface area contributed by atoms with Gasteiger partial charge in [0.2, 0.25) is 5.91 Å². The zero-order valence-electron chi connectivity index (χ0n) is 13.4. The van der Waals surface area contributed by atoms with Crippen LogP contribution >= 0.6 is 0 Å². The number of nitrogens with zero attached hydrogens (tertiary/aromatic N) is 1. The van der Waals surface area contributed by atoms with Gasteiger partial charge in [-0.05, 0) is 31.8 Å². The van der Waals surface area contributed by atoms with Crippen molar-refractivity contribution in [2.24, 2.45) is 5.41 Å². The number of hydrogen-bond acceptors (Lipinski definition) is 3. The molecule has 112 valence electrons. The Balaban J connectivity index is 2.82. The molecular formula is C16H26N2O2. The number of benzene rings is 1. The molecule has 4 nitrogen and oxygen atoms in total. The Morgan fingerprint density at radius 3 is 2.50 bits per heavy atom. The van der Waals surface area contributed by atoms with Crippen molar-refractivity contribution in [3.8, 4) is 5.75 Å². The molecule has 0 bridgehead atoms. The van der Waals surface area contributed by atoms with E-state index < -0.39 is 0 Å². The van der Waals surface area contributed by atoms with Crippen LogP contribution in [0.3, 0.4) is 0 Å². The van der Waals surface area contributed by atoms with Gasteiger partial charge in [-0.2, -0.15) is 0 Å². The number of amides is 1. The molecule has 0 fully saturated rings. The van der Waals surface area contributed by atoms with E-state index in [1.807, 2.05) is 53.1 Å². The first kappa shape index (κ1) is 16.5. The van der Waals surface area contributed by atoms with Crippen LogP contribution in [0.2, 0.25) is 0 Å². The average Bonchev–Trinajstić information content (AvgIpc) is 2.37. The molecule has 0 saturated carbocycles. The number of ether oxygens (including phenoxy) is 1. The van der Waals surface area contributed by atoms with Crippen molar-refractivity contribution in [1.82, 2.24) is 10.2 Å². The van der Waals surface area contributed by atoms with Crippen LogP contribution in [0.15, 0.2) is 24.3 Å². The lowest BCUT2D eigenvalue weighted by atomic mass is 9.95. The first-order valence-corrected chi connectivity index (χ1v) is 6.84. The van der Waals surface area contributed by atoms with Crippen molar-refractivity contribution < 1.29 is 9.53 Å². The first-order valence-electron chi connectivity index (χ1n) is 6.84. The molecule has 0 heterocycles. The molecule has 20 heavy (non-hydrogen) atoms. The largest absolute Gasteiger partial charge is 0.497 e. The highest BCUT2D eigenvalue weighted by Gasteiger charge is 2.23. The molecule has 1 amide bonds. The number of likely N-dealkylation sites (N-methyl/N-ethyl adjacent to an activating group) is 1. The van der Waals surface area contributed by atoms with Gasteiger partial charge >= 0.3 is 0 Å². The summed E-state index contributed by atoms with van der Waals surface area (Å²) in [6.07, 6.45) is 0. The molecule has 1 rings (SSSR count). The van der Waals surface area contributed by atoms with E-state index in [1.54, 1.807) is 7.11 Å². The van der Waals surface area contributed by atoms with Gasteiger partial charge in [-0.15, -0.1) is 0 Å². The van der Waals surface area contributed by atoms with Crippen LogP contribution in [0.4, 0.5) is 0 Å². The van der Waals surface area contributed by atoms with E-state index >= 15 is 0 Å². The summed E-state index contributed by atoms with van der Waals surface area (Å²) < 4.78 is 5.26. The van der Waals surface area contributed by atoms with Crippen molar-refractivity contribution in [2.45, 2.75) is 26.8 Å². The zero-order chi connectivity index (χ0) is 15.3. The molecule has 0 radical (unpaired) electrons. The molecule has 1 aromatic carbocycles. The summed E-state index contributed by atoms with van der Waals surface area (Å²) in [5, 5.41) is 3.02. The number of carbonyl (C=O) groups is 1. The molecule has 4 heteroatoms. The fraction of sp³-hybridized carbons (Fsp3) is 0.562. The smallest absolute Gasteiger partial charge is 0.225 e. The summed E-state index contributed by atoms with van der Waals surface area (Å²) >= 11 is 0. The average molecular weight is 278 g/mol. The zero-order valence-corrected chi connectivity index (χ0v) is 13.4. The van der Waals surface area contributed by atoms with Crippen LogP contribution in [0.1, 0.15) is 32.4 Å². The van der Waals surface area contributed by atoms with E-state index in [2.05, 4.69) is 16.3 Å². The highest BCUT2D eigenvalue weighted by atomic mass is 16.5. The standard InChI is InChI=1S/C16H26N2O2/c1-16(2,3)15(19)17-11-14(18(4)5)12-8-7-9-13(10-12)20-6/h7-10,14H,11H2,1-6H3,(H,17,19). The van der Waals surface area contributed by atoms with Crippen LogP contribution in [0.25, 0.3) is 0 Å². The van der Waals surface area contributed by atoms with Crippen LogP contribution in [-0.2, 0) is 4.79 Å². The van der Waals surface area contributed by atoms with Crippen molar-refractivity contribution in [1.29, 1.82) is 0 Å². The summed E-state index contributed by atoms with van der Waals surface area (Å²) in [4.78, 5) is 14.1. The van der Waals surface area contributed by atoms with Gasteiger partial charge in [0.1, 0.15) is 5.75 Å². The Bertz CT molecular complexity index is 450. The number of carbonyl (C=O) groups excluding carboxylic acids is 1. The van der Waals surface area contributed by atoms with Crippen LogP contribution in [0, 0.1) is 5.41 Å². The Morgan fingerprint density at radius 1 is 1.35 bits per heavy atom. The second-order valence-corrected chi connectivity index (χ2v) is 6.22. The quantitative estimate of drug-likeness (QED) is 0.899. The second kappa shape index (κ2) is 6.75. The minimum absolute atomic E-state index is 0.0623. The summed E-state index contributed by atoms with van der Waals surface area (Å²) in [5.41, 5.74) is 0.758. The number of rotatable bonds is 5. The summed E-state index contributed by atoms with van der Waals surface area (Å²) in [5.74, 6) is 0.892. The van der Waals surface area contributed by atoms with E-state index in [4.69, 9.17) is 4.74 Å². The second-order valence-electron chi connectivity index (χ2n) is 6.22. The molecule has 0 aliphatic heterocycles. The van der Waals surface area contributed by atoms with E-state index in [-0.39, 0.29) is 17.4 Å². The monoisotopic (exact) mass is 278 g/mol. The van der Waals surface area contributed by atoms with Crippen molar-refractivity contribution in [3.63, 3.8) is 0 Å². The van der Waals surface area contributed by atoms with E-state index in [9.17, 15) is 4.79 Å². The highest BCUT2D eigenvalue weighted by molar-refractivity contribution is 5.81. The maximum Gasteiger partial charge on any atom is 0.225 e. The Morgan fingerprint density at radius 2 is 2.00 bits per heavy atom. The molecule has 1 aromatic rings. The van der Waals surface area contributed by atoms with Gasteiger partial charge in [-0.1, -0.05) is 32.9 Å². The summed E-state index contributed by atoms with van der Waals surface area (Å²) in [6.45, 7) is 6.33. The fourth-order valence-electron chi connectivity index (χ4n) is 1.90. The van der Waals surface area contributed by atoms with Gasteiger partial charge in [-0.25, -0.2) is 0 Å². The predicted octanol–water partition coefficient (Wildman–Crippen LogP) is 2.46. The van der Waals surface area contributed by atoms with Crippen LogP contribution < -0.4 is 10.1 Å². The third-order valence-corrected chi connectivity index (χ3v) is 3.24. The molecule has 1 unspecified atom stereocenters. The maximum absolute atomic E-state index is 12.0.